The van der Waals surface area contributed by atoms with E-state index in [2.05, 4.69) is 20.5 Å². The van der Waals surface area contributed by atoms with Crippen molar-refractivity contribution in [3.05, 3.63) is 65.3 Å². The molecule has 0 saturated heterocycles. The molecule has 0 unspecified atom stereocenters. The molecule has 0 fully saturated rings. The zero-order valence-electron chi connectivity index (χ0n) is 19.9. The summed E-state index contributed by atoms with van der Waals surface area (Å²) in [5.41, 5.74) is 2.96. The van der Waals surface area contributed by atoms with Gasteiger partial charge in [0.25, 0.3) is 0 Å². The Labute approximate surface area is 212 Å². The van der Waals surface area contributed by atoms with Crippen molar-refractivity contribution in [2.45, 2.75) is 39.1 Å². The van der Waals surface area contributed by atoms with Gasteiger partial charge in [0.2, 0.25) is 5.91 Å². The lowest BCUT2D eigenvalue weighted by Crippen LogP contribution is -2.14. The van der Waals surface area contributed by atoms with Crippen molar-refractivity contribution >= 4 is 34.1 Å². The van der Waals surface area contributed by atoms with Gasteiger partial charge in [-0.25, -0.2) is 4.98 Å². The van der Waals surface area contributed by atoms with Crippen LogP contribution in [0.5, 0.6) is 11.5 Å². The Morgan fingerprint density at radius 2 is 1.91 bits per heavy atom. The number of aromatic nitrogens is 4. The monoisotopic (exact) mass is 509 g/mol. The van der Waals surface area contributed by atoms with Gasteiger partial charge in [-0.1, -0.05) is 48.2 Å². The van der Waals surface area contributed by atoms with Crippen molar-refractivity contribution in [1.82, 2.24) is 19.7 Å². The van der Waals surface area contributed by atoms with Crippen molar-refractivity contribution in [1.29, 1.82) is 0 Å². The topological polar surface area (TPSA) is 91.2 Å². The number of anilines is 1. The van der Waals surface area contributed by atoms with Gasteiger partial charge in [0.1, 0.15) is 6.61 Å². The summed E-state index contributed by atoms with van der Waals surface area (Å²) in [7, 11) is 0. The van der Waals surface area contributed by atoms with Crippen LogP contribution in [0.1, 0.15) is 25.2 Å². The number of nitrogens with one attached hydrogen (secondary N) is 1. The molecule has 0 bridgehead atoms. The van der Waals surface area contributed by atoms with Gasteiger partial charge in [-0.05, 0) is 38.5 Å². The Hall–Kier alpha value is -3.37. The first-order valence-electron chi connectivity index (χ1n) is 11.3. The molecular formula is C25H27N5O3S2. The standard InChI is InChI=1S/C25H27N5O3S2/c1-4-30-22(14-33-20-12-11-17(3)13-21(20)32-5-2)28-29-25(30)35-16-23(31)27-24-26-19(15-34-24)18-9-7-6-8-10-18/h6-13,15H,4-5,14,16H2,1-3H3,(H,26,27,31). The summed E-state index contributed by atoms with van der Waals surface area (Å²) in [5, 5.41) is 14.6. The Kier molecular flexibility index (Phi) is 8.38. The fraction of sp³-hybridized carbons (Fsp3) is 0.280. The zero-order valence-corrected chi connectivity index (χ0v) is 21.5. The molecule has 0 atom stereocenters. The maximum atomic E-state index is 12.5. The number of benzene rings is 2. The lowest BCUT2D eigenvalue weighted by molar-refractivity contribution is -0.113. The second kappa shape index (κ2) is 11.9. The molecule has 2 aromatic carbocycles. The fourth-order valence-corrected chi connectivity index (χ4v) is 4.91. The van der Waals surface area contributed by atoms with Crippen molar-refractivity contribution in [3.8, 4) is 22.8 Å². The van der Waals surface area contributed by atoms with Crippen molar-refractivity contribution in [2.75, 3.05) is 17.7 Å². The van der Waals surface area contributed by atoms with E-state index < -0.39 is 0 Å². The molecule has 2 heterocycles. The third-order valence-corrected chi connectivity index (χ3v) is 6.74. The molecule has 182 valence electrons. The number of carbonyl (C=O) groups is 1. The highest BCUT2D eigenvalue weighted by Crippen LogP contribution is 2.29. The van der Waals surface area contributed by atoms with Gasteiger partial charge in [-0.2, -0.15) is 0 Å². The van der Waals surface area contributed by atoms with Gasteiger partial charge in [0.15, 0.2) is 27.6 Å². The predicted molar refractivity (Wildman–Crippen MR) is 139 cm³/mol. The van der Waals surface area contributed by atoms with E-state index in [-0.39, 0.29) is 18.3 Å². The molecule has 0 aliphatic carbocycles. The normalized spacial score (nSPS) is 10.8. The summed E-state index contributed by atoms with van der Waals surface area (Å²) in [5.74, 6) is 2.11. The first kappa shape index (κ1) is 24.7. The average Bonchev–Trinajstić information content (AvgIpc) is 3.49. The van der Waals surface area contributed by atoms with Crippen molar-refractivity contribution in [2.24, 2.45) is 0 Å². The summed E-state index contributed by atoms with van der Waals surface area (Å²) in [6, 6.07) is 15.7. The maximum absolute atomic E-state index is 12.5. The van der Waals surface area contributed by atoms with E-state index in [1.807, 2.05) is 79.2 Å². The number of hydrogen-bond donors (Lipinski definition) is 1. The average molecular weight is 510 g/mol. The number of ether oxygens (including phenoxy) is 2. The van der Waals surface area contributed by atoms with Crippen LogP contribution in [0.15, 0.2) is 59.1 Å². The highest BCUT2D eigenvalue weighted by atomic mass is 32.2. The number of rotatable bonds is 11. The summed E-state index contributed by atoms with van der Waals surface area (Å²) in [6.07, 6.45) is 0. The van der Waals surface area contributed by atoms with E-state index in [1.165, 1.54) is 23.1 Å². The molecule has 2 aromatic heterocycles. The number of thioether (sulfide) groups is 1. The largest absolute Gasteiger partial charge is 0.490 e. The van der Waals surface area contributed by atoms with Crippen LogP contribution in [0.4, 0.5) is 5.13 Å². The van der Waals surface area contributed by atoms with Gasteiger partial charge in [0.05, 0.1) is 18.1 Å². The quantitative estimate of drug-likeness (QED) is 0.269. The summed E-state index contributed by atoms with van der Waals surface area (Å²) < 4.78 is 13.6. The molecule has 1 amide bonds. The van der Waals surface area contributed by atoms with E-state index in [9.17, 15) is 4.79 Å². The number of aryl methyl sites for hydroxylation is 1. The minimum Gasteiger partial charge on any atom is -0.490 e. The van der Waals surface area contributed by atoms with Crippen LogP contribution < -0.4 is 14.8 Å². The Balaban J connectivity index is 1.34. The van der Waals surface area contributed by atoms with Gasteiger partial charge < -0.3 is 19.4 Å². The lowest BCUT2D eigenvalue weighted by atomic mass is 10.2. The molecule has 0 aliphatic heterocycles. The number of hydrogen-bond acceptors (Lipinski definition) is 8. The van der Waals surface area contributed by atoms with Crippen molar-refractivity contribution < 1.29 is 14.3 Å². The molecule has 0 aliphatic rings. The third kappa shape index (κ3) is 6.40. The van der Waals surface area contributed by atoms with Gasteiger partial charge in [0, 0.05) is 17.5 Å². The van der Waals surface area contributed by atoms with Gasteiger partial charge >= 0.3 is 0 Å². The van der Waals surface area contributed by atoms with Crippen LogP contribution in [-0.4, -0.2) is 38.0 Å². The Morgan fingerprint density at radius 3 is 2.69 bits per heavy atom. The van der Waals surface area contributed by atoms with Crippen LogP contribution in [-0.2, 0) is 17.9 Å². The van der Waals surface area contributed by atoms with Crippen LogP contribution in [0.3, 0.4) is 0 Å². The van der Waals surface area contributed by atoms with Crippen LogP contribution in [0.2, 0.25) is 0 Å². The first-order chi connectivity index (χ1) is 17.1. The highest BCUT2D eigenvalue weighted by Gasteiger charge is 2.16. The number of nitrogens with zero attached hydrogens (tertiary/aromatic N) is 4. The Bertz CT molecular complexity index is 1270. The highest BCUT2D eigenvalue weighted by molar-refractivity contribution is 7.99. The zero-order chi connectivity index (χ0) is 24.6. The molecule has 10 heteroatoms. The van der Waals surface area contributed by atoms with Crippen LogP contribution in [0.25, 0.3) is 11.3 Å². The summed E-state index contributed by atoms with van der Waals surface area (Å²) >= 11 is 2.74. The van der Waals surface area contributed by atoms with E-state index in [4.69, 9.17) is 9.47 Å². The molecular weight excluding hydrogens is 482 g/mol. The van der Waals surface area contributed by atoms with E-state index >= 15 is 0 Å². The minimum atomic E-state index is -0.145. The maximum Gasteiger partial charge on any atom is 0.236 e. The molecule has 1 N–H and O–H groups in total. The molecule has 8 nitrogen and oxygen atoms in total. The van der Waals surface area contributed by atoms with Crippen LogP contribution in [0, 0.1) is 6.92 Å². The minimum absolute atomic E-state index is 0.145. The molecule has 0 radical (unpaired) electrons. The number of thiazole rings is 1. The molecule has 35 heavy (non-hydrogen) atoms. The summed E-state index contributed by atoms with van der Waals surface area (Å²) in [6.45, 7) is 7.43. The number of carbonyl (C=O) groups excluding carboxylic acids is 1. The van der Waals surface area contributed by atoms with Crippen LogP contribution >= 0.6 is 23.1 Å². The van der Waals surface area contributed by atoms with E-state index in [1.54, 1.807) is 0 Å². The van der Waals surface area contributed by atoms with Crippen molar-refractivity contribution in [3.63, 3.8) is 0 Å². The predicted octanol–water partition coefficient (Wildman–Crippen LogP) is 5.44. The smallest absolute Gasteiger partial charge is 0.236 e. The number of amides is 1. The SMILES string of the molecule is CCOc1cc(C)ccc1OCc1nnc(SCC(=O)Nc2nc(-c3ccccc3)cs2)n1CC. The Morgan fingerprint density at radius 1 is 1.09 bits per heavy atom. The summed E-state index contributed by atoms with van der Waals surface area (Å²) in [4.78, 5) is 17.0. The van der Waals surface area contributed by atoms with Gasteiger partial charge in [-0.15, -0.1) is 21.5 Å². The second-order valence-corrected chi connectivity index (χ2v) is 9.36. The fourth-order valence-electron chi connectivity index (χ4n) is 3.35. The van der Waals surface area contributed by atoms with E-state index in [0.29, 0.717) is 40.8 Å². The first-order valence-corrected chi connectivity index (χ1v) is 13.2. The molecule has 0 spiro atoms. The third-order valence-electron chi connectivity index (χ3n) is 5.02. The second-order valence-electron chi connectivity index (χ2n) is 7.56. The van der Waals surface area contributed by atoms with E-state index in [0.717, 1.165) is 16.8 Å². The molecule has 0 saturated carbocycles. The lowest BCUT2D eigenvalue weighted by Gasteiger charge is -2.13. The molecule has 4 rings (SSSR count). The van der Waals surface area contributed by atoms with Gasteiger partial charge in [-0.3, -0.25) is 4.79 Å². The molecule has 4 aromatic rings.